The molecule has 1 N–H and O–H groups in total. The van der Waals surface area contributed by atoms with Crippen LogP contribution >= 0.6 is 0 Å². The van der Waals surface area contributed by atoms with Crippen LogP contribution in [0.1, 0.15) is 37.3 Å². The highest BCUT2D eigenvalue weighted by Crippen LogP contribution is 2.21. The van der Waals surface area contributed by atoms with Crippen molar-refractivity contribution < 1.29 is 4.74 Å². The highest BCUT2D eigenvalue weighted by Gasteiger charge is 2.23. The van der Waals surface area contributed by atoms with Crippen molar-refractivity contribution in [2.45, 2.75) is 45.6 Å². The highest BCUT2D eigenvalue weighted by molar-refractivity contribution is 5.21. The standard InChI is InChI=1S/C17H27NO/c1-3-18-17(16-5-4-12-19-13-16)11-10-15-8-6-14(2)7-9-15/h6-9,16-18H,3-5,10-13H2,1-2H3. The van der Waals surface area contributed by atoms with Crippen molar-refractivity contribution in [1.82, 2.24) is 5.32 Å². The van der Waals surface area contributed by atoms with Crippen LogP contribution < -0.4 is 5.32 Å². The molecule has 0 radical (unpaired) electrons. The van der Waals surface area contributed by atoms with Gasteiger partial charge < -0.3 is 10.1 Å². The number of ether oxygens (including phenoxy) is 1. The fraction of sp³-hybridized carbons (Fsp3) is 0.647. The smallest absolute Gasteiger partial charge is 0.0509 e. The van der Waals surface area contributed by atoms with Gasteiger partial charge in [0, 0.05) is 12.6 Å². The summed E-state index contributed by atoms with van der Waals surface area (Å²) >= 11 is 0. The molecular weight excluding hydrogens is 234 g/mol. The van der Waals surface area contributed by atoms with E-state index in [2.05, 4.69) is 43.4 Å². The van der Waals surface area contributed by atoms with E-state index in [0.717, 1.165) is 26.2 Å². The first-order valence-corrected chi connectivity index (χ1v) is 7.66. The summed E-state index contributed by atoms with van der Waals surface area (Å²) in [4.78, 5) is 0. The maximum atomic E-state index is 5.64. The zero-order valence-electron chi connectivity index (χ0n) is 12.3. The summed E-state index contributed by atoms with van der Waals surface area (Å²) in [6.07, 6.45) is 4.90. The molecule has 1 aliphatic heterocycles. The average molecular weight is 261 g/mol. The number of nitrogens with one attached hydrogen (secondary N) is 1. The molecule has 19 heavy (non-hydrogen) atoms. The van der Waals surface area contributed by atoms with Gasteiger partial charge in [-0.1, -0.05) is 36.8 Å². The Balaban J connectivity index is 1.87. The summed E-state index contributed by atoms with van der Waals surface area (Å²) in [7, 11) is 0. The molecular formula is C17H27NO. The Morgan fingerprint density at radius 2 is 2.11 bits per heavy atom. The van der Waals surface area contributed by atoms with E-state index in [-0.39, 0.29) is 0 Å². The van der Waals surface area contributed by atoms with Gasteiger partial charge in [0.1, 0.15) is 0 Å². The zero-order chi connectivity index (χ0) is 13.5. The third-order valence-corrected chi connectivity index (χ3v) is 4.10. The molecule has 2 rings (SSSR count). The Morgan fingerprint density at radius 1 is 1.32 bits per heavy atom. The molecule has 106 valence electrons. The van der Waals surface area contributed by atoms with Crippen LogP contribution in [0.3, 0.4) is 0 Å². The fourth-order valence-electron chi connectivity index (χ4n) is 2.93. The molecule has 1 aromatic rings. The summed E-state index contributed by atoms with van der Waals surface area (Å²) in [5.74, 6) is 0.694. The van der Waals surface area contributed by atoms with E-state index in [1.807, 2.05) is 0 Å². The number of rotatable bonds is 6. The SMILES string of the molecule is CCNC(CCc1ccc(C)cc1)C1CCCOC1. The summed E-state index contributed by atoms with van der Waals surface area (Å²) < 4.78 is 5.64. The molecule has 0 aliphatic carbocycles. The Bertz CT molecular complexity index is 354. The lowest BCUT2D eigenvalue weighted by Gasteiger charge is -2.31. The molecule has 1 saturated heterocycles. The predicted octanol–water partition coefficient (Wildman–Crippen LogP) is 3.33. The van der Waals surface area contributed by atoms with E-state index < -0.39 is 0 Å². The average Bonchev–Trinajstić information content (AvgIpc) is 2.46. The second-order valence-corrected chi connectivity index (χ2v) is 5.67. The lowest BCUT2D eigenvalue weighted by molar-refractivity contribution is 0.0382. The van der Waals surface area contributed by atoms with Crippen molar-refractivity contribution in [3.8, 4) is 0 Å². The topological polar surface area (TPSA) is 21.3 Å². The number of benzene rings is 1. The van der Waals surface area contributed by atoms with Crippen molar-refractivity contribution in [2.75, 3.05) is 19.8 Å². The van der Waals surface area contributed by atoms with Crippen LogP contribution in [0.4, 0.5) is 0 Å². The summed E-state index contributed by atoms with van der Waals surface area (Å²) in [5.41, 5.74) is 2.79. The third kappa shape index (κ3) is 4.63. The van der Waals surface area contributed by atoms with Gasteiger partial charge in [0.15, 0.2) is 0 Å². The first kappa shape index (κ1) is 14.5. The van der Waals surface area contributed by atoms with E-state index in [9.17, 15) is 0 Å². The van der Waals surface area contributed by atoms with Crippen molar-refractivity contribution in [2.24, 2.45) is 5.92 Å². The van der Waals surface area contributed by atoms with Gasteiger partial charge in [0.25, 0.3) is 0 Å². The van der Waals surface area contributed by atoms with Crippen LogP contribution in [0.2, 0.25) is 0 Å². The van der Waals surface area contributed by atoms with Crippen molar-refractivity contribution in [1.29, 1.82) is 0 Å². The normalized spacial score (nSPS) is 21.3. The molecule has 0 spiro atoms. The van der Waals surface area contributed by atoms with Crippen molar-refractivity contribution >= 4 is 0 Å². The van der Waals surface area contributed by atoms with Gasteiger partial charge in [-0.3, -0.25) is 0 Å². The second kappa shape index (κ2) is 7.66. The van der Waals surface area contributed by atoms with Crippen molar-refractivity contribution in [3.05, 3.63) is 35.4 Å². The van der Waals surface area contributed by atoms with Gasteiger partial charge in [-0.25, -0.2) is 0 Å². The zero-order valence-corrected chi connectivity index (χ0v) is 12.3. The van der Waals surface area contributed by atoms with Gasteiger partial charge in [0.2, 0.25) is 0 Å². The van der Waals surface area contributed by atoms with Gasteiger partial charge in [-0.2, -0.15) is 0 Å². The van der Waals surface area contributed by atoms with Crippen LogP contribution in [0.25, 0.3) is 0 Å². The predicted molar refractivity (Wildman–Crippen MR) is 80.5 cm³/mol. The lowest BCUT2D eigenvalue weighted by atomic mass is 9.89. The number of hydrogen-bond donors (Lipinski definition) is 1. The number of hydrogen-bond acceptors (Lipinski definition) is 2. The first-order chi connectivity index (χ1) is 9.29. The Labute approximate surface area is 117 Å². The monoisotopic (exact) mass is 261 g/mol. The van der Waals surface area contributed by atoms with Gasteiger partial charge in [-0.15, -0.1) is 0 Å². The van der Waals surface area contributed by atoms with Crippen LogP contribution in [0.15, 0.2) is 24.3 Å². The Kier molecular flexibility index (Phi) is 5.87. The molecule has 1 aromatic carbocycles. The van der Waals surface area contributed by atoms with Crippen LogP contribution in [0, 0.1) is 12.8 Å². The molecule has 0 amide bonds. The van der Waals surface area contributed by atoms with Crippen molar-refractivity contribution in [3.63, 3.8) is 0 Å². The van der Waals surface area contributed by atoms with E-state index in [4.69, 9.17) is 4.74 Å². The van der Waals surface area contributed by atoms with Gasteiger partial charge >= 0.3 is 0 Å². The molecule has 0 bridgehead atoms. The maximum Gasteiger partial charge on any atom is 0.0509 e. The maximum absolute atomic E-state index is 5.64. The lowest BCUT2D eigenvalue weighted by Crippen LogP contribution is -2.40. The summed E-state index contributed by atoms with van der Waals surface area (Å²) in [6, 6.07) is 9.54. The van der Waals surface area contributed by atoms with Crippen LogP contribution in [0.5, 0.6) is 0 Å². The summed E-state index contributed by atoms with van der Waals surface area (Å²) in [5, 5.41) is 3.65. The molecule has 2 nitrogen and oxygen atoms in total. The van der Waals surface area contributed by atoms with Gasteiger partial charge in [-0.05, 0) is 50.6 Å². The molecule has 0 saturated carbocycles. The minimum atomic E-state index is 0.603. The number of aryl methyl sites for hydroxylation is 2. The minimum absolute atomic E-state index is 0.603. The summed E-state index contributed by atoms with van der Waals surface area (Å²) in [6.45, 7) is 7.28. The minimum Gasteiger partial charge on any atom is -0.381 e. The molecule has 1 heterocycles. The molecule has 2 atom stereocenters. The largest absolute Gasteiger partial charge is 0.381 e. The van der Waals surface area contributed by atoms with Gasteiger partial charge in [0.05, 0.1) is 6.61 Å². The molecule has 1 fully saturated rings. The fourth-order valence-corrected chi connectivity index (χ4v) is 2.93. The second-order valence-electron chi connectivity index (χ2n) is 5.67. The van der Waals surface area contributed by atoms with Crippen LogP contribution in [-0.4, -0.2) is 25.8 Å². The van der Waals surface area contributed by atoms with E-state index in [1.54, 1.807) is 0 Å². The van der Waals surface area contributed by atoms with Crippen LogP contribution in [-0.2, 0) is 11.2 Å². The molecule has 2 unspecified atom stereocenters. The van der Waals surface area contributed by atoms with E-state index in [0.29, 0.717) is 12.0 Å². The molecule has 0 aromatic heterocycles. The highest BCUT2D eigenvalue weighted by atomic mass is 16.5. The van der Waals surface area contributed by atoms with E-state index in [1.165, 1.54) is 30.4 Å². The third-order valence-electron chi connectivity index (χ3n) is 4.10. The Hall–Kier alpha value is -0.860. The van der Waals surface area contributed by atoms with E-state index >= 15 is 0 Å². The molecule has 2 heteroatoms. The Morgan fingerprint density at radius 3 is 2.74 bits per heavy atom. The quantitative estimate of drug-likeness (QED) is 0.848. The first-order valence-electron chi connectivity index (χ1n) is 7.66. The molecule has 1 aliphatic rings.